The Labute approximate surface area is 113 Å². The molecule has 0 aliphatic rings. The zero-order valence-corrected chi connectivity index (χ0v) is 12.2. The first kappa shape index (κ1) is 15.5. The van der Waals surface area contributed by atoms with Crippen LogP contribution < -0.4 is 14.8 Å². The van der Waals surface area contributed by atoms with Gasteiger partial charge in [-0.25, -0.2) is 13.1 Å². The molecule has 0 aliphatic heterocycles. The number of anilines is 1. The molecule has 19 heavy (non-hydrogen) atoms. The molecule has 2 N–H and O–H groups in total. The number of ether oxygens (including phenoxy) is 1. The first-order valence-corrected chi connectivity index (χ1v) is 7.47. The number of carbonyl (C=O) groups excluding carboxylic acids is 1. The van der Waals surface area contributed by atoms with Crippen molar-refractivity contribution in [2.24, 2.45) is 0 Å². The molecule has 0 atom stereocenters. The summed E-state index contributed by atoms with van der Waals surface area (Å²) in [7, 11) is -1.91. The molecule has 0 spiro atoms. The van der Waals surface area contributed by atoms with Gasteiger partial charge in [0.05, 0.1) is 13.4 Å². The largest absolute Gasteiger partial charge is 0.497 e. The first-order chi connectivity index (χ1) is 8.64. The lowest BCUT2D eigenvalue weighted by Gasteiger charge is -2.23. The van der Waals surface area contributed by atoms with Crippen LogP contribution in [0.5, 0.6) is 5.75 Å². The van der Waals surface area contributed by atoms with E-state index in [1.807, 2.05) is 0 Å². The van der Waals surface area contributed by atoms with Gasteiger partial charge in [-0.15, -0.1) is 0 Å². The zero-order chi connectivity index (χ0) is 14.7. The van der Waals surface area contributed by atoms with Gasteiger partial charge in [0.2, 0.25) is 15.9 Å². The van der Waals surface area contributed by atoms with Crippen molar-refractivity contribution in [1.29, 1.82) is 0 Å². The molecule has 0 heterocycles. The minimum absolute atomic E-state index is 0.442. The lowest BCUT2D eigenvalue weighted by atomic mass is 10.1. The molecule has 0 fully saturated rings. The van der Waals surface area contributed by atoms with Crippen molar-refractivity contribution in [3.05, 3.63) is 24.3 Å². The van der Waals surface area contributed by atoms with Crippen LogP contribution >= 0.6 is 0 Å². The van der Waals surface area contributed by atoms with E-state index in [2.05, 4.69) is 10.0 Å². The van der Waals surface area contributed by atoms with Crippen molar-refractivity contribution in [2.75, 3.05) is 18.7 Å². The van der Waals surface area contributed by atoms with Crippen LogP contribution in [0.25, 0.3) is 0 Å². The van der Waals surface area contributed by atoms with Crippen LogP contribution in [0.2, 0.25) is 0 Å². The molecule has 0 aromatic heterocycles. The van der Waals surface area contributed by atoms with Crippen LogP contribution in [0.15, 0.2) is 24.3 Å². The zero-order valence-electron chi connectivity index (χ0n) is 11.4. The number of nitrogens with one attached hydrogen (secondary N) is 2. The molecule has 0 bridgehead atoms. The molecule has 1 rings (SSSR count). The number of rotatable bonds is 5. The molecule has 0 radical (unpaired) electrons. The van der Waals surface area contributed by atoms with Crippen LogP contribution in [-0.4, -0.2) is 33.2 Å². The number of carbonyl (C=O) groups is 1. The fraction of sp³-hybridized carbons (Fsp3) is 0.417. The Morgan fingerprint density at radius 1 is 1.21 bits per heavy atom. The van der Waals surface area contributed by atoms with Gasteiger partial charge >= 0.3 is 0 Å². The van der Waals surface area contributed by atoms with Gasteiger partial charge in [-0.2, -0.15) is 0 Å². The number of sulfonamides is 1. The maximum absolute atomic E-state index is 12.0. The monoisotopic (exact) mass is 286 g/mol. The lowest BCUT2D eigenvalue weighted by molar-refractivity contribution is -0.120. The highest BCUT2D eigenvalue weighted by molar-refractivity contribution is 7.88. The Hall–Kier alpha value is -1.60. The smallest absolute Gasteiger partial charge is 0.245 e. The molecular weight excluding hydrogens is 268 g/mol. The lowest BCUT2D eigenvalue weighted by Crippen LogP contribution is -2.51. The van der Waals surface area contributed by atoms with E-state index >= 15 is 0 Å². The van der Waals surface area contributed by atoms with Gasteiger partial charge in [-0.3, -0.25) is 4.79 Å². The van der Waals surface area contributed by atoms with E-state index in [1.165, 1.54) is 13.8 Å². The Balaban J connectivity index is 2.78. The third-order valence-corrected chi connectivity index (χ3v) is 3.24. The summed E-state index contributed by atoms with van der Waals surface area (Å²) in [5.41, 5.74) is -0.665. The third kappa shape index (κ3) is 4.88. The van der Waals surface area contributed by atoms with Gasteiger partial charge in [0.25, 0.3) is 0 Å². The van der Waals surface area contributed by atoms with Crippen LogP contribution in [-0.2, 0) is 14.8 Å². The summed E-state index contributed by atoms with van der Waals surface area (Å²) < 4.78 is 29.6. The second kappa shape index (κ2) is 5.58. The minimum Gasteiger partial charge on any atom is -0.497 e. The average molecular weight is 286 g/mol. The van der Waals surface area contributed by atoms with Crippen LogP contribution in [0.3, 0.4) is 0 Å². The summed E-state index contributed by atoms with van der Waals surface area (Å²) >= 11 is 0. The fourth-order valence-electron chi connectivity index (χ4n) is 1.47. The van der Waals surface area contributed by atoms with Crippen LogP contribution in [0.1, 0.15) is 13.8 Å². The Kier molecular flexibility index (Phi) is 4.54. The highest BCUT2D eigenvalue weighted by Crippen LogP contribution is 2.16. The molecule has 1 aromatic rings. The minimum atomic E-state index is -3.46. The van der Waals surface area contributed by atoms with E-state index in [-0.39, 0.29) is 0 Å². The van der Waals surface area contributed by atoms with Gasteiger partial charge in [0, 0.05) is 5.69 Å². The fourth-order valence-corrected chi connectivity index (χ4v) is 2.49. The number of hydrogen-bond donors (Lipinski definition) is 2. The topological polar surface area (TPSA) is 84.5 Å². The third-order valence-electron chi connectivity index (χ3n) is 2.36. The summed E-state index contributed by atoms with van der Waals surface area (Å²) in [6.45, 7) is 2.99. The Morgan fingerprint density at radius 3 is 2.16 bits per heavy atom. The summed E-state index contributed by atoms with van der Waals surface area (Å²) in [5.74, 6) is 0.231. The molecule has 7 heteroatoms. The van der Waals surface area contributed by atoms with Gasteiger partial charge in [-0.1, -0.05) is 0 Å². The predicted molar refractivity (Wildman–Crippen MR) is 73.7 cm³/mol. The standard InChI is InChI=1S/C12H18N2O4S/c1-12(2,14-19(4,16)17)11(15)13-9-5-7-10(18-3)8-6-9/h5-8,14H,1-4H3,(H,13,15). The van der Waals surface area contributed by atoms with Gasteiger partial charge in [-0.05, 0) is 38.1 Å². The summed E-state index contributed by atoms with van der Waals surface area (Å²) in [6, 6.07) is 6.75. The number of amides is 1. The van der Waals surface area contributed by atoms with E-state index in [0.29, 0.717) is 11.4 Å². The molecule has 0 unspecified atom stereocenters. The highest BCUT2D eigenvalue weighted by Gasteiger charge is 2.30. The van der Waals surface area contributed by atoms with E-state index in [4.69, 9.17) is 4.74 Å². The maximum Gasteiger partial charge on any atom is 0.245 e. The number of benzene rings is 1. The molecule has 0 saturated heterocycles. The highest BCUT2D eigenvalue weighted by atomic mass is 32.2. The summed E-state index contributed by atoms with van der Waals surface area (Å²) in [6.07, 6.45) is 1.01. The Bertz CT molecular complexity index is 550. The molecule has 6 nitrogen and oxygen atoms in total. The maximum atomic E-state index is 12.0. The normalized spacial score (nSPS) is 12.0. The molecular formula is C12H18N2O4S. The van der Waals surface area contributed by atoms with Crippen molar-refractivity contribution in [3.8, 4) is 5.75 Å². The summed E-state index contributed by atoms with van der Waals surface area (Å²) in [4.78, 5) is 12.0. The van der Waals surface area contributed by atoms with Crippen LogP contribution in [0.4, 0.5) is 5.69 Å². The van der Waals surface area contributed by atoms with Gasteiger partial charge in [0.1, 0.15) is 11.3 Å². The van der Waals surface area contributed by atoms with Crippen molar-refractivity contribution in [3.63, 3.8) is 0 Å². The van der Waals surface area contributed by atoms with Crippen molar-refractivity contribution >= 4 is 21.6 Å². The molecule has 1 amide bonds. The predicted octanol–water partition coefficient (Wildman–Crippen LogP) is 0.961. The molecule has 0 saturated carbocycles. The number of hydrogen-bond acceptors (Lipinski definition) is 4. The van der Waals surface area contributed by atoms with Crippen molar-refractivity contribution < 1.29 is 17.9 Å². The van der Waals surface area contributed by atoms with E-state index in [1.54, 1.807) is 31.4 Å². The SMILES string of the molecule is COc1ccc(NC(=O)C(C)(C)NS(C)(=O)=O)cc1. The second-order valence-corrected chi connectivity index (χ2v) is 6.43. The Morgan fingerprint density at radius 2 is 1.74 bits per heavy atom. The molecule has 106 valence electrons. The van der Waals surface area contributed by atoms with Gasteiger partial charge < -0.3 is 10.1 Å². The average Bonchev–Trinajstić information content (AvgIpc) is 2.26. The first-order valence-electron chi connectivity index (χ1n) is 5.58. The second-order valence-electron chi connectivity index (χ2n) is 4.68. The van der Waals surface area contributed by atoms with Crippen molar-refractivity contribution in [2.45, 2.75) is 19.4 Å². The summed E-state index contributed by atoms with van der Waals surface area (Å²) in [5, 5.41) is 2.63. The van der Waals surface area contributed by atoms with Crippen molar-refractivity contribution in [1.82, 2.24) is 4.72 Å². The van der Waals surface area contributed by atoms with E-state index in [9.17, 15) is 13.2 Å². The molecule has 0 aliphatic carbocycles. The molecule has 1 aromatic carbocycles. The van der Waals surface area contributed by atoms with Gasteiger partial charge in [0.15, 0.2) is 0 Å². The number of methoxy groups -OCH3 is 1. The van der Waals surface area contributed by atoms with Crippen LogP contribution in [0, 0.1) is 0 Å². The van der Waals surface area contributed by atoms with E-state index in [0.717, 1.165) is 6.26 Å². The quantitative estimate of drug-likeness (QED) is 0.844. The van der Waals surface area contributed by atoms with E-state index < -0.39 is 21.5 Å².